The molecule has 0 amide bonds. The average Bonchev–Trinajstić information content (AvgIpc) is 2.26. The Balaban J connectivity index is 2.77. The molecule has 1 aromatic carbocycles. The lowest BCUT2D eigenvalue weighted by molar-refractivity contribution is -0.140. The Morgan fingerprint density at radius 1 is 1.20 bits per heavy atom. The fourth-order valence-electron chi connectivity index (χ4n) is 1.02. The van der Waals surface area contributed by atoms with Crippen molar-refractivity contribution < 1.29 is 14.4 Å². The molecule has 80 valence electrons. The molecule has 1 aromatic rings. The van der Waals surface area contributed by atoms with Crippen LogP contribution in [0.1, 0.15) is 19.4 Å². The number of ether oxygens (including phenoxy) is 1. The molecule has 0 spiro atoms. The second-order valence-electron chi connectivity index (χ2n) is 2.99. The standard InChI is InChI=1S/C11H13NO3/c1-8(12-15-9(2)13)10-4-6-11(14-3)7-5-10/h4-7H,1-3H3/b12-8+. The van der Waals surface area contributed by atoms with Crippen LogP contribution in [0, 0.1) is 0 Å². The molecule has 0 heterocycles. The third-order valence-electron chi connectivity index (χ3n) is 1.82. The first kappa shape index (κ1) is 11.2. The predicted octanol–water partition coefficient (Wildman–Crippen LogP) is 1.98. The van der Waals surface area contributed by atoms with Gasteiger partial charge in [0.25, 0.3) is 0 Å². The van der Waals surface area contributed by atoms with Crippen LogP contribution in [0.5, 0.6) is 5.75 Å². The van der Waals surface area contributed by atoms with Gasteiger partial charge in [-0.2, -0.15) is 0 Å². The number of hydrogen-bond donors (Lipinski definition) is 0. The van der Waals surface area contributed by atoms with Crippen molar-refractivity contribution >= 4 is 11.7 Å². The van der Waals surface area contributed by atoms with E-state index in [9.17, 15) is 4.79 Å². The van der Waals surface area contributed by atoms with Crippen molar-refractivity contribution in [3.8, 4) is 5.75 Å². The van der Waals surface area contributed by atoms with Crippen LogP contribution in [0.3, 0.4) is 0 Å². The maximum Gasteiger partial charge on any atom is 0.331 e. The van der Waals surface area contributed by atoms with Crippen LogP contribution in [-0.2, 0) is 9.63 Å². The molecule has 0 unspecified atom stereocenters. The maximum absolute atomic E-state index is 10.5. The van der Waals surface area contributed by atoms with Gasteiger partial charge in [-0.1, -0.05) is 5.16 Å². The van der Waals surface area contributed by atoms with Gasteiger partial charge in [-0.25, -0.2) is 4.79 Å². The zero-order valence-corrected chi connectivity index (χ0v) is 8.98. The number of carbonyl (C=O) groups is 1. The summed E-state index contributed by atoms with van der Waals surface area (Å²) in [6, 6.07) is 7.34. The van der Waals surface area contributed by atoms with Gasteiger partial charge in [-0.05, 0) is 36.8 Å². The van der Waals surface area contributed by atoms with Gasteiger partial charge >= 0.3 is 5.97 Å². The second kappa shape index (κ2) is 5.14. The summed E-state index contributed by atoms with van der Waals surface area (Å²) in [6.45, 7) is 3.08. The maximum atomic E-state index is 10.5. The molecule has 0 fully saturated rings. The molecule has 0 saturated heterocycles. The highest BCUT2D eigenvalue weighted by Gasteiger charge is 1.99. The number of methoxy groups -OCH3 is 1. The highest BCUT2D eigenvalue weighted by Crippen LogP contribution is 2.11. The van der Waals surface area contributed by atoms with E-state index < -0.39 is 5.97 Å². The summed E-state index contributed by atoms with van der Waals surface area (Å²) in [6.07, 6.45) is 0. The van der Waals surface area contributed by atoms with Gasteiger partial charge in [0, 0.05) is 6.92 Å². The summed E-state index contributed by atoms with van der Waals surface area (Å²) in [4.78, 5) is 15.1. The van der Waals surface area contributed by atoms with E-state index in [0.29, 0.717) is 5.71 Å². The molecule has 0 aliphatic heterocycles. The zero-order valence-electron chi connectivity index (χ0n) is 8.98. The van der Waals surface area contributed by atoms with Crippen LogP contribution in [-0.4, -0.2) is 18.8 Å². The Bertz CT molecular complexity index is 368. The van der Waals surface area contributed by atoms with E-state index in [1.165, 1.54) is 6.92 Å². The normalized spacial score (nSPS) is 11.0. The summed E-state index contributed by atoms with van der Waals surface area (Å²) in [5.74, 6) is 0.349. The fourth-order valence-corrected chi connectivity index (χ4v) is 1.02. The SMILES string of the molecule is COc1ccc(/C(C)=N/OC(C)=O)cc1. The number of benzene rings is 1. The monoisotopic (exact) mass is 207 g/mol. The Morgan fingerprint density at radius 2 is 1.80 bits per heavy atom. The van der Waals surface area contributed by atoms with Crippen LogP contribution in [0.2, 0.25) is 0 Å². The molecule has 1 rings (SSSR count). The van der Waals surface area contributed by atoms with Crippen molar-refractivity contribution in [2.45, 2.75) is 13.8 Å². The zero-order chi connectivity index (χ0) is 11.3. The predicted molar refractivity (Wildman–Crippen MR) is 57.0 cm³/mol. The molecule has 0 aromatic heterocycles. The van der Waals surface area contributed by atoms with Gasteiger partial charge < -0.3 is 9.57 Å². The van der Waals surface area contributed by atoms with Crippen molar-refractivity contribution in [1.82, 2.24) is 0 Å². The van der Waals surface area contributed by atoms with Crippen LogP contribution in [0.4, 0.5) is 0 Å². The fraction of sp³-hybridized carbons (Fsp3) is 0.273. The van der Waals surface area contributed by atoms with Crippen molar-refractivity contribution in [2.24, 2.45) is 5.16 Å². The number of nitrogens with zero attached hydrogens (tertiary/aromatic N) is 1. The first-order chi connectivity index (χ1) is 7.13. The Hall–Kier alpha value is -1.84. The van der Waals surface area contributed by atoms with E-state index >= 15 is 0 Å². The van der Waals surface area contributed by atoms with E-state index in [1.54, 1.807) is 14.0 Å². The van der Waals surface area contributed by atoms with E-state index in [2.05, 4.69) is 9.99 Å². The summed E-state index contributed by atoms with van der Waals surface area (Å²) >= 11 is 0. The van der Waals surface area contributed by atoms with E-state index in [0.717, 1.165) is 11.3 Å². The molecule has 0 atom stereocenters. The van der Waals surface area contributed by atoms with Gasteiger partial charge in [0.15, 0.2) is 0 Å². The van der Waals surface area contributed by atoms with E-state index in [1.807, 2.05) is 24.3 Å². The van der Waals surface area contributed by atoms with Crippen molar-refractivity contribution in [2.75, 3.05) is 7.11 Å². The van der Waals surface area contributed by atoms with Crippen LogP contribution in [0.15, 0.2) is 29.4 Å². The van der Waals surface area contributed by atoms with Gasteiger partial charge in [-0.15, -0.1) is 0 Å². The largest absolute Gasteiger partial charge is 0.497 e. The Kier molecular flexibility index (Phi) is 3.85. The lowest BCUT2D eigenvalue weighted by atomic mass is 10.1. The van der Waals surface area contributed by atoms with Crippen LogP contribution >= 0.6 is 0 Å². The number of oxime groups is 1. The molecule has 0 N–H and O–H groups in total. The molecule has 4 heteroatoms. The van der Waals surface area contributed by atoms with Gasteiger partial charge in [0.05, 0.1) is 12.8 Å². The summed E-state index contributed by atoms with van der Waals surface area (Å²) < 4.78 is 5.02. The summed E-state index contributed by atoms with van der Waals surface area (Å²) in [5.41, 5.74) is 1.53. The van der Waals surface area contributed by atoms with Crippen molar-refractivity contribution in [3.63, 3.8) is 0 Å². The molecular formula is C11H13NO3. The molecule has 0 saturated carbocycles. The van der Waals surface area contributed by atoms with Crippen molar-refractivity contribution in [3.05, 3.63) is 29.8 Å². The molecule has 0 aliphatic rings. The summed E-state index contributed by atoms with van der Waals surface area (Å²) in [7, 11) is 1.61. The Labute approximate surface area is 88.5 Å². The molecule has 0 aliphatic carbocycles. The smallest absolute Gasteiger partial charge is 0.331 e. The van der Waals surface area contributed by atoms with Gasteiger partial charge in [0.2, 0.25) is 0 Å². The molecule has 15 heavy (non-hydrogen) atoms. The number of hydrogen-bond acceptors (Lipinski definition) is 4. The first-order valence-electron chi connectivity index (χ1n) is 4.50. The molecule has 4 nitrogen and oxygen atoms in total. The summed E-state index contributed by atoms with van der Waals surface area (Å²) in [5, 5.41) is 3.68. The average molecular weight is 207 g/mol. The lowest BCUT2D eigenvalue weighted by Crippen LogP contribution is -1.99. The molecular weight excluding hydrogens is 194 g/mol. The third kappa shape index (κ3) is 3.42. The Morgan fingerprint density at radius 3 is 2.27 bits per heavy atom. The van der Waals surface area contributed by atoms with E-state index in [4.69, 9.17) is 4.74 Å². The molecule has 0 radical (unpaired) electrons. The lowest BCUT2D eigenvalue weighted by Gasteiger charge is -2.02. The van der Waals surface area contributed by atoms with Gasteiger partial charge in [-0.3, -0.25) is 0 Å². The highest BCUT2D eigenvalue weighted by molar-refractivity contribution is 5.98. The number of carbonyl (C=O) groups excluding carboxylic acids is 1. The first-order valence-corrected chi connectivity index (χ1v) is 4.50. The number of rotatable bonds is 3. The highest BCUT2D eigenvalue weighted by atomic mass is 16.7. The molecule has 0 bridgehead atoms. The van der Waals surface area contributed by atoms with Crippen LogP contribution < -0.4 is 4.74 Å². The van der Waals surface area contributed by atoms with Gasteiger partial charge in [0.1, 0.15) is 5.75 Å². The third-order valence-corrected chi connectivity index (χ3v) is 1.82. The van der Waals surface area contributed by atoms with E-state index in [-0.39, 0.29) is 0 Å². The minimum absolute atomic E-state index is 0.428. The van der Waals surface area contributed by atoms with Crippen LogP contribution in [0.25, 0.3) is 0 Å². The topological polar surface area (TPSA) is 47.9 Å². The second-order valence-corrected chi connectivity index (χ2v) is 2.99. The minimum Gasteiger partial charge on any atom is -0.497 e. The van der Waals surface area contributed by atoms with Crippen molar-refractivity contribution in [1.29, 1.82) is 0 Å². The quantitative estimate of drug-likeness (QED) is 0.432. The minimum atomic E-state index is -0.428.